The summed E-state index contributed by atoms with van der Waals surface area (Å²) in [7, 11) is 0. The van der Waals surface area contributed by atoms with Gasteiger partial charge in [0.25, 0.3) is 0 Å². The number of phenolic OH excluding ortho intramolecular Hbond substituents is 1. The lowest BCUT2D eigenvalue weighted by atomic mass is 9.78. The molecule has 1 aromatic heterocycles. The summed E-state index contributed by atoms with van der Waals surface area (Å²) in [5.41, 5.74) is 3.01. The molecular weight excluding hydrogens is 288 g/mol. The van der Waals surface area contributed by atoms with Gasteiger partial charge in [-0.05, 0) is 37.2 Å². The van der Waals surface area contributed by atoms with Crippen molar-refractivity contribution in [2.24, 2.45) is 11.8 Å². The molecule has 1 aliphatic heterocycles. The van der Waals surface area contributed by atoms with Gasteiger partial charge in [-0.2, -0.15) is 0 Å². The number of aromatic hydroxyl groups is 1. The van der Waals surface area contributed by atoms with Gasteiger partial charge in [-0.25, -0.2) is 4.98 Å². The summed E-state index contributed by atoms with van der Waals surface area (Å²) in [5.74, 6) is 1.49. The number of aromatic nitrogens is 2. The molecule has 2 unspecified atom stereocenters. The van der Waals surface area contributed by atoms with E-state index in [0.29, 0.717) is 18.1 Å². The largest absolute Gasteiger partial charge is 0.508 e. The monoisotopic (exact) mass is 312 g/mol. The van der Waals surface area contributed by atoms with Crippen LogP contribution in [-0.2, 0) is 0 Å². The first-order chi connectivity index (χ1) is 11.1. The summed E-state index contributed by atoms with van der Waals surface area (Å²) in [4.78, 5) is 4.25. The Labute approximate surface area is 136 Å². The zero-order valence-corrected chi connectivity index (χ0v) is 13.5. The van der Waals surface area contributed by atoms with Crippen molar-refractivity contribution in [3.63, 3.8) is 0 Å². The molecule has 23 heavy (non-hydrogen) atoms. The zero-order chi connectivity index (χ0) is 16.0. The predicted molar refractivity (Wildman–Crippen MR) is 89.2 cm³/mol. The normalized spacial score (nSPS) is 27.5. The number of imidazole rings is 1. The topological polar surface area (TPSA) is 58.3 Å². The highest BCUT2D eigenvalue weighted by atomic mass is 16.3. The van der Waals surface area contributed by atoms with Crippen LogP contribution >= 0.6 is 0 Å². The van der Waals surface area contributed by atoms with E-state index in [1.54, 1.807) is 6.07 Å². The van der Waals surface area contributed by atoms with E-state index in [1.165, 1.54) is 12.8 Å². The van der Waals surface area contributed by atoms with Crippen molar-refractivity contribution in [3.8, 4) is 17.0 Å². The van der Waals surface area contributed by atoms with Crippen molar-refractivity contribution in [2.45, 2.75) is 51.2 Å². The Morgan fingerprint density at radius 2 is 2.04 bits per heavy atom. The Hall–Kier alpha value is -1.81. The van der Waals surface area contributed by atoms with Gasteiger partial charge in [-0.3, -0.25) is 0 Å². The van der Waals surface area contributed by atoms with Gasteiger partial charge in [0, 0.05) is 11.1 Å². The molecule has 2 aromatic rings. The van der Waals surface area contributed by atoms with Crippen LogP contribution in [0.15, 0.2) is 30.7 Å². The number of phenols is 1. The van der Waals surface area contributed by atoms with E-state index >= 15 is 0 Å². The van der Waals surface area contributed by atoms with Crippen molar-refractivity contribution in [2.75, 3.05) is 0 Å². The second-order valence-corrected chi connectivity index (χ2v) is 7.26. The van der Waals surface area contributed by atoms with Gasteiger partial charge < -0.3 is 14.8 Å². The van der Waals surface area contributed by atoms with E-state index in [1.807, 2.05) is 24.7 Å². The molecule has 4 nitrogen and oxygen atoms in total. The molecular formula is C19H24N2O2. The minimum Gasteiger partial charge on any atom is -0.508 e. The SMILES string of the molecule is CC1CCC(C(O)CC2c3c(O)cccc3-c3cncn32)CC1. The van der Waals surface area contributed by atoms with Crippen LogP contribution in [0.3, 0.4) is 0 Å². The van der Waals surface area contributed by atoms with Crippen molar-refractivity contribution < 1.29 is 10.2 Å². The lowest BCUT2D eigenvalue weighted by Crippen LogP contribution is -2.27. The fraction of sp³-hybridized carbons (Fsp3) is 0.526. The number of hydrogen-bond acceptors (Lipinski definition) is 3. The van der Waals surface area contributed by atoms with Gasteiger partial charge in [-0.1, -0.05) is 31.9 Å². The van der Waals surface area contributed by atoms with Gasteiger partial charge in [0.15, 0.2) is 0 Å². The first-order valence-corrected chi connectivity index (χ1v) is 8.67. The van der Waals surface area contributed by atoms with E-state index in [2.05, 4.69) is 16.5 Å². The van der Waals surface area contributed by atoms with E-state index in [-0.39, 0.29) is 12.1 Å². The summed E-state index contributed by atoms with van der Waals surface area (Å²) in [6.07, 6.45) is 8.62. The molecule has 0 bridgehead atoms. The summed E-state index contributed by atoms with van der Waals surface area (Å²) in [5, 5.41) is 21.1. The quantitative estimate of drug-likeness (QED) is 0.908. The fourth-order valence-corrected chi connectivity index (χ4v) is 4.35. The maximum absolute atomic E-state index is 10.8. The number of fused-ring (bicyclic) bond motifs is 3. The van der Waals surface area contributed by atoms with Gasteiger partial charge in [0.2, 0.25) is 0 Å². The third-order valence-electron chi connectivity index (χ3n) is 5.76. The highest BCUT2D eigenvalue weighted by molar-refractivity contribution is 5.72. The summed E-state index contributed by atoms with van der Waals surface area (Å²) < 4.78 is 2.10. The van der Waals surface area contributed by atoms with E-state index < -0.39 is 0 Å². The predicted octanol–water partition coefficient (Wildman–Crippen LogP) is 3.74. The molecule has 0 spiro atoms. The molecule has 2 heterocycles. The summed E-state index contributed by atoms with van der Waals surface area (Å²) in [6, 6.07) is 5.61. The standard InChI is InChI=1S/C19H24N2O2/c1-12-5-7-13(8-6-12)18(23)9-15-19-14(3-2-4-17(19)22)16-10-20-11-21(15)16/h2-4,10-13,15,18,22-23H,5-9H2,1H3. The second-order valence-electron chi connectivity index (χ2n) is 7.26. The molecule has 1 saturated carbocycles. The molecule has 0 radical (unpaired) electrons. The number of benzene rings is 1. The Balaban J connectivity index is 1.60. The molecule has 122 valence electrons. The molecule has 1 aromatic carbocycles. The van der Waals surface area contributed by atoms with Gasteiger partial charge in [0.05, 0.1) is 30.4 Å². The van der Waals surface area contributed by atoms with Crippen LogP contribution in [0.1, 0.15) is 50.6 Å². The highest BCUT2D eigenvalue weighted by Crippen LogP contribution is 2.46. The molecule has 2 atom stereocenters. The first kappa shape index (κ1) is 14.8. The molecule has 2 N–H and O–H groups in total. The van der Waals surface area contributed by atoms with Gasteiger partial charge in [0.1, 0.15) is 5.75 Å². The zero-order valence-electron chi connectivity index (χ0n) is 13.5. The number of hydrogen-bond donors (Lipinski definition) is 2. The van der Waals surface area contributed by atoms with Crippen LogP contribution in [0.5, 0.6) is 5.75 Å². The van der Waals surface area contributed by atoms with Crippen LogP contribution in [-0.4, -0.2) is 25.9 Å². The van der Waals surface area contributed by atoms with E-state index in [0.717, 1.165) is 35.6 Å². The molecule has 1 aliphatic carbocycles. The molecule has 0 amide bonds. The maximum atomic E-state index is 10.8. The molecule has 1 fully saturated rings. The maximum Gasteiger partial charge on any atom is 0.121 e. The smallest absolute Gasteiger partial charge is 0.121 e. The molecule has 2 aliphatic rings. The van der Waals surface area contributed by atoms with Crippen molar-refractivity contribution in [1.29, 1.82) is 0 Å². The minimum absolute atomic E-state index is 0.0157. The summed E-state index contributed by atoms with van der Waals surface area (Å²) >= 11 is 0. The van der Waals surface area contributed by atoms with Gasteiger partial charge >= 0.3 is 0 Å². The third-order valence-corrected chi connectivity index (χ3v) is 5.76. The van der Waals surface area contributed by atoms with Crippen LogP contribution in [0.25, 0.3) is 11.3 Å². The van der Waals surface area contributed by atoms with Crippen molar-refractivity contribution in [3.05, 3.63) is 36.3 Å². The average Bonchev–Trinajstić information content (AvgIpc) is 3.12. The Morgan fingerprint density at radius 1 is 1.26 bits per heavy atom. The van der Waals surface area contributed by atoms with Crippen LogP contribution in [0.4, 0.5) is 0 Å². The Bertz CT molecular complexity index is 701. The highest BCUT2D eigenvalue weighted by Gasteiger charge is 2.34. The Kier molecular flexibility index (Phi) is 3.64. The Morgan fingerprint density at radius 3 is 2.83 bits per heavy atom. The summed E-state index contributed by atoms with van der Waals surface area (Å²) in [6.45, 7) is 2.30. The van der Waals surface area contributed by atoms with Crippen molar-refractivity contribution >= 4 is 0 Å². The van der Waals surface area contributed by atoms with Crippen LogP contribution in [0, 0.1) is 11.8 Å². The number of rotatable bonds is 3. The van der Waals surface area contributed by atoms with Crippen molar-refractivity contribution in [1.82, 2.24) is 9.55 Å². The lowest BCUT2D eigenvalue weighted by Gasteiger charge is -2.31. The van der Waals surface area contributed by atoms with E-state index in [9.17, 15) is 10.2 Å². The molecule has 0 saturated heterocycles. The minimum atomic E-state index is -0.326. The lowest BCUT2D eigenvalue weighted by molar-refractivity contribution is 0.0606. The average molecular weight is 312 g/mol. The molecule has 4 heteroatoms. The molecule has 4 rings (SSSR count). The van der Waals surface area contributed by atoms with Crippen LogP contribution < -0.4 is 0 Å². The van der Waals surface area contributed by atoms with Crippen LogP contribution in [0.2, 0.25) is 0 Å². The number of nitrogens with zero attached hydrogens (tertiary/aromatic N) is 2. The second kappa shape index (κ2) is 5.68. The fourth-order valence-electron chi connectivity index (χ4n) is 4.35. The number of aliphatic hydroxyl groups excluding tert-OH is 1. The first-order valence-electron chi connectivity index (χ1n) is 8.67. The third kappa shape index (κ3) is 2.45. The van der Waals surface area contributed by atoms with Gasteiger partial charge in [-0.15, -0.1) is 0 Å². The number of aliphatic hydroxyl groups is 1. The van der Waals surface area contributed by atoms with E-state index in [4.69, 9.17) is 0 Å².